The van der Waals surface area contributed by atoms with Crippen LogP contribution in [0.25, 0.3) is 0 Å². The molecule has 1 heterocycles. The van der Waals surface area contributed by atoms with E-state index in [-0.39, 0.29) is 12.4 Å². The van der Waals surface area contributed by atoms with Crippen LogP contribution in [0.2, 0.25) is 0 Å². The SMILES string of the molecule is C=C[C@]1(NC(=O)OC(C)(C)C)C(=O)C=C(COC(C)OCC)C[C@@H]1[C@H]1COC(C)(C)O1. The van der Waals surface area contributed by atoms with E-state index in [2.05, 4.69) is 11.9 Å². The Labute approximate surface area is 185 Å². The lowest BCUT2D eigenvalue weighted by atomic mass is 9.70. The third-order valence-electron chi connectivity index (χ3n) is 5.22. The fourth-order valence-electron chi connectivity index (χ4n) is 3.87. The van der Waals surface area contributed by atoms with E-state index in [0.717, 1.165) is 5.57 Å². The van der Waals surface area contributed by atoms with Gasteiger partial charge >= 0.3 is 6.09 Å². The molecular formula is C23H37NO7. The van der Waals surface area contributed by atoms with Crippen LogP contribution in [0.15, 0.2) is 24.3 Å². The quantitative estimate of drug-likeness (QED) is 0.457. The zero-order chi connectivity index (χ0) is 23.4. The Kier molecular flexibility index (Phi) is 8.08. The van der Waals surface area contributed by atoms with E-state index in [1.54, 1.807) is 27.7 Å². The molecule has 1 aliphatic heterocycles. The Morgan fingerprint density at radius 3 is 2.58 bits per heavy atom. The molecular weight excluding hydrogens is 402 g/mol. The van der Waals surface area contributed by atoms with Gasteiger partial charge in [-0.2, -0.15) is 0 Å². The average molecular weight is 440 g/mol. The van der Waals surface area contributed by atoms with Gasteiger partial charge in [-0.05, 0) is 66.5 Å². The average Bonchev–Trinajstić information content (AvgIpc) is 3.00. The molecule has 1 N–H and O–H groups in total. The highest BCUT2D eigenvalue weighted by atomic mass is 16.7. The number of ether oxygens (including phenoxy) is 5. The highest BCUT2D eigenvalue weighted by molar-refractivity contribution is 6.03. The van der Waals surface area contributed by atoms with E-state index in [4.69, 9.17) is 23.7 Å². The lowest BCUT2D eigenvalue weighted by Gasteiger charge is -2.43. The van der Waals surface area contributed by atoms with Crippen molar-refractivity contribution in [3.8, 4) is 0 Å². The maximum Gasteiger partial charge on any atom is 0.408 e. The van der Waals surface area contributed by atoms with Gasteiger partial charge in [0, 0.05) is 12.5 Å². The molecule has 2 rings (SSSR count). The molecule has 1 unspecified atom stereocenters. The predicted molar refractivity (Wildman–Crippen MR) is 115 cm³/mol. The minimum atomic E-state index is -1.38. The minimum absolute atomic E-state index is 0.236. The number of alkyl carbamates (subject to hydrolysis) is 1. The molecule has 1 amide bonds. The molecule has 1 fully saturated rings. The molecule has 0 bridgehead atoms. The first-order valence-electron chi connectivity index (χ1n) is 10.8. The van der Waals surface area contributed by atoms with Crippen molar-refractivity contribution in [3.05, 3.63) is 24.3 Å². The Balaban J connectivity index is 2.32. The molecule has 8 heteroatoms. The number of hydrogen-bond donors (Lipinski definition) is 1. The number of rotatable bonds is 8. The normalized spacial score (nSPS) is 29.3. The number of carbonyl (C=O) groups is 2. The van der Waals surface area contributed by atoms with Gasteiger partial charge in [0.1, 0.15) is 11.1 Å². The Morgan fingerprint density at radius 2 is 2.06 bits per heavy atom. The van der Waals surface area contributed by atoms with Gasteiger partial charge in [0.05, 0.1) is 19.3 Å². The molecule has 1 aliphatic carbocycles. The van der Waals surface area contributed by atoms with Crippen molar-refractivity contribution in [2.75, 3.05) is 19.8 Å². The van der Waals surface area contributed by atoms with Gasteiger partial charge in [-0.15, -0.1) is 6.58 Å². The number of hydrogen-bond acceptors (Lipinski definition) is 7. The molecule has 0 aromatic rings. The molecule has 176 valence electrons. The molecule has 31 heavy (non-hydrogen) atoms. The lowest BCUT2D eigenvalue weighted by molar-refractivity contribution is -0.151. The van der Waals surface area contributed by atoms with E-state index in [9.17, 15) is 9.59 Å². The van der Waals surface area contributed by atoms with Crippen molar-refractivity contribution in [3.63, 3.8) is 0 Å². The van der Waals surface area contributed by atoms with Crippen molar-refractivity contribution >= 4 is 11.9 Å². The second-order valence-electron chi connectivity index (χ2n) is 9.38. The fourth-order valence-corrected chi connectivity index (χ4v) is 3.87. The summed E-state index contributed by atoms with van der Waals surface area (Å²) in [6.45, 7) is 17.5. The predicted octanol–water partition coefficient (Wildman–Crippen LogP) is 3.50. The van der Waals surface area contributed by atoms with Crippen LogP contribution in [0.5, 0.6) is 0 Å². The number of nitrogens with one attached hydrogen (secondary N) is 1. The van der Waals surface area contributed by atoms with Crippen LogP contribution in [0, 0.1) is 5.92 Å². The molecule has 4 atom stereocenters. The van der Waals surface area contributed by atoms with Gasteiger partial charge in [-0.3, -0.25) is 4.79 Å². The van der Waals surface area contributed by atoms with Crippen LogP contribution >= 0.6 is 0 Å². The summed E-state index contributed by atoms with van der Waals surface area (Å²) in [4.78, 5) is 26.0. The van der Waals surface area contributed by atoms with E-state index >= 15 is 0 Å². The van der Waals surface area contributed by atoms with E-state index in [0.29, 0.717) is 19.6 Å². The van der Waals surface area contributed by atoms with Crippen LogP contribution in [0.3, 0.4) is 0 Å². The van der Waals surface area contributed by atoms with Crippen molar-refractivity contribution in [2.24, 2.45) is 5.92 Å². The Morgan fingerprint density at radius 1 is 1.39 bits per heavy atom. The highest BCUT2D eigenvalue weighted by Crippen LogP contribution is 2.40. The van der Waals surface area contributed by atoms with E-state index in [1.807, 2.05) is 20.8 Å². The van der Waals surface area contributed by atoms with Crippen molar-refractivity contribution in [1.29, 1.82) is 0 Å². The summed E-state index contributed by atoms with van der Waals surface area (Å²) in [6.07, 6.45) is 1.92. The standard InChI is InChI=1S/C23H37NO7/c1-9-23(24-20(26)31-21(4,5)6)17(18-14-29-22(7,8)30-18)11-16(12-19(23)25)13-28-15(3)27-10-2/h9,12,15,17-18H,1,10-11,13-14H2,2-8H3,(H,24,26)/t15?,17-,18-,23-/m1/s1. The molecule has 2 aliphatic rings. The number of amides is 1. The molecule has 0 aromatic carbocycles. The van der Waals surface area contributed by atoms with Crippen molar-refractivity contribution in [1.82, 2.24) is 5.32 Å². The third kappa shape index (κ3) is 6.62. The summed E-state index contributed by atoms with van der Waals surface area (Å²) >= 11 is 0. The monoisotopic (exact) mass is 439 g/mol. The zero-order valence-electron chi connectivity index (χ0n) is 19.8. The summed E-state index contributed by atoms with van der Waals surface area (Å²) in [5.41, 5.74) is -1.30. The van der Waals surface area contributed by atoms with Crippen LogP contribution in [0.1, 0.15) is 54.9 Å². The van der Waals surface area contributed by atoms with Crippen molar-refractivity contribution < 1.29 is 33.3 Å². The molecule has 0 radical (unpaired) electrons. The summed E-state index contributed by atoms with van der Waals surface area (Å²) < 4.78 is 28.4. The summed E-state index contributed by atoms with van der Waals surface area (Å²) in [7, 11) is 0. The molecule has 0 aromatic heterocycles. The van der Waals surface area contributed by atoms with Crippen LogP contribution in [-0.2, 0) is 28.5 Å². The van der Waals surface area contributed by atoms with Crippen molar-refractivity contribution in [2.45, 2.75) is 84.2 Å². The maximum absolute atomic E-state index is 13.4. The molecule has 0 saturated carbocycles. The molecule has 0 spiro atoms. The Bertz CT molecular complexity index is 709. The zero-order valence-corrected chi connectivity index (χ0v) is 19.8. The highest BCUT2D eigenvalue weighted by Gasteiger charge is 2.53. The van der Waals surface area contributed by atoms with Gasteiger partial charge in [-0.1, -0.05) is 6.08 Å². The van der Waals surface area contributed by atoms with Crippen LogP contribution < -0.4 is 5.32 Å². The fraction of sp³-hybridized carbons (Fsp3) is 0.739. The molecule has 8 nitrogen and oxygen atoms in total. The number of ketones is 1. The van der Waals surface area contributed by atoms with E-state index < -0.39 is 41.3 Å². The summed E-state index contributed by atoms with van der Waals surface area (Å²) in [5, 5.41) is 2.77. The van der Waals surface area contributed by atoms with E-state index in [1.165, 1.54) is 12.2 Å². The van der Waals surface area contributed by atoms with Gasteiger partial charge in [0.2, 0.25) is 0 Å². The van der Waals surface area contributed by atoms with Gasteiger partial charge in [0.25, 0.3) is 0 Å². The smallest absolute Gasteiger partial charge is 0.408 e. The second-order valence-corrected chi connectivity index (χ2v) is 9.38. The van der Waals surface area contributed by atoms with Crippen LogP contribution in [0.4, 0.5) is 4.79 Å². The summed E-state index contributed by atoms with van der Waals surface area (Å²) in [6, 6.07) is 0. The minimum Gasteiger partial charge on any atom is -0.444 e. The third-order valence-corrected chi connectivity index (χ3v) is 5.22. The van der Waals surface area contributed by atoms with Gasteiger partial charge < -0.3 is 29.0 Å². The lowest BCUT2D eigenvalue weighted by Crippen LogP contribution is -2.63. The summed E-state index contributed by atoms with van der Waals surface area (Å²) in [5.74, 6) is -1.54. The van der Waals surface area contributed by atoms with Gasteiger partial charge in [0.15, 0.2) is 17.9 Å². The first-order valence-corrected chi connectivity index (χ1v) is 10.8. The number of carbonyl (C=O) groups excluding carboxylic acids is 2. The Hall–Kier alpha value is -1.74. The largest absolute Gasteiger partial charge is 0.444 e. The van der Waals surface area contributed by atoms with Crippen LogP contribution in [-0.4, -0.2) is 61.0 Å². The second kappa shape index (κ2) is 9.81. The molecule has 1 saturated heterocycles. The first-order chi connectivity index (χ1) is 14.3. The maximum atomic E-state index is 13.4. The topological polar surface area (TPSA) is 92.3 Å². The first kappa shape index (κ1) is 25.5. The van der Waals surface area contributed by atoms with Gasteiger partial charge in [-0.25, -0.2) is 4.79 Å².